The van der Waals surface area contributed by atoms with E-state index in [0.717, 1.165) is 12.2 Å². The summed E-state index contributed by atoms with van der Waals surface area (Å²) in [6.45, 7) is 5.86. The minimum absolute atomic E-state index is 0.712. The second-order valence-electron chi connectivity index (χ2n) is 4.12. The fourth-order valence-electron chi connectivity index (χ4n) is 2.38. The van der Waals surface area contributed by atoms with Crippen LogP contribution in [0, 0.1) is 5.92 Å². The highest BCUT2D eigenvalue weighted by Gasteiger charge is 2.25. The number of hydrogen-bond acceptors (Lipinski definition) is 2. The molecule has 2 nitrogen and oxygen atoms in total. The van der Waals surface area contributed by atoms with Gasteiger partial charge in [-0.25, -0.2) is 0 Å². The lowest BCUT2D eigenvalue weighted by atomic mass is 9.85. The quantitative estimate of drug-likeness (QED) is 0.666. The highest BCUT2D eigenvalue weighted by atomic mass is 16.5. The van der Waals surface area contributed by atoms with Crippen LogP contribution < -0.4 is 0 Å². The Morgan fingerprint density at radius 1 is 1.50 bits per heavy atom. The summed E-state index contributed by atoms with van der Waals surface area (Å²) in [4.78, 5) is 2.53. The number of likely N-dealkylation sites (tertiary alicyclic amines) is 1. The van der Waals surface area contributed by atoms with E-state index < -0.39 is 0 Å². The molecule has 1 heterocycles. The van der Waals surface area contributed by atoms with Crippen molar-refractivity contribution in [2.75, 3.05) is 26.7 Å². The van der Waals surface area contributed by atoms with E-state index in [-0.39, 0.29) is 0 Å². The van der Waals surface area contributed by atoms with Crippen LogP contribution in [0.15, 0.2) is 23.5 Å². The minimum atomic E-state index is 0.712. The Morgan fingerprint density at radius 3 is 3.07 bits per heavy atom. The summed E-state index contributed by atoms with van der Waals surface area (Å²) in [6, 6.07) is 0. The third kappa shape index (κ3) is 1.85. The van der Waals surface area contributed by atoms with Gasteiger partial charge in [0.2, 0.25) is 0 Å². The predicted molar refractivity (Wildman–Crippen MR) is 58.0 cm³/mol. The van der Waals surface area contributed by atoms with Crippen molar-refractivity contribution in [2.45, 2.75) is 19.8 Å². The van der Waals surface area contributed by atoms with Crippen molar-refractivity contribution < 1.29 is 4.74 Å². The SMILES string of the molecule is CCN1CCC2=CC=C(OC)CC2C1. The van der Waals surface area contributed by atoms with Crippen molar-refractivity contribution in [2.24, 2.45) is 5.92 Å². The van der Waals surface area contributed by atoms with Crippen LogP contribution >= 0.6 is 0 Å². The van der Waals surface area contributed by atoms with Gasteiger partial charge in [0, 0.05) is 19.5 Å². The molecule has 1 aliphatic carbocycles. The van der Waals surface area contributed by atoms with Crippen LogP contribution in [-0.4, -0.2) is 31.6 Å². The molecular weight excluding hydrogens is 174 g/mol. The van der Waals surface area contributed by atoms with E-state index >= 15 is 0 Å². The standard InChI is InChI=1S/C12H19NO/c1-3-13-7-6-10-4-5-12(14-2)8-11(10)9-13/h4-5,11H,3,6-9H2,1-2H3. The fourth-order valence-corrected chi connectivity index (χ4v) is 2.38. The maximum Gasteiger partial charge on any atom is 0.0961 e. The van der Waals surface area contributed by atoms with Gasteiger partial charge < -0.3 is 9.64 Å². The molecule has 0 aromatic rings. The number of piperidine rings is 1. The summed E-state index contributed by atoms with van der Waals surface area (Å²) in [5, 5.41) is 0. The lowest BCUT2D eigenvalue weighted by Crippen LogP contribution is -2.37. The number of nitrogens with zero attached hydrogens (tertiary/aromatic N) is 1. The molecule has 78 valence electrons. The first-order valence-electron chi connectivity index (χ1n) is 5.49. The Balaban J connectivity index is 2.05. The maximum absolute atomic E-state index is 5.31. The fraction of sp³-hybridized carbons (Fsp3) is 0.667. The normalized spacial score (nSPS) is 27.7. The molecule has 1 fully saturated rings. The molecule has 2 heteroatoms. The molecule has 0 amide bonds. The number of ether oxygens (including phenoxy) is 1. The number of allylic oxidation sites excluding steroid dienone is 3. The van der Waals surface area contributed by atoms with Gasteiger partial charge in [0.1, 0.15) is 0 Å². The van der Waals surface area contributed by atoms with Crippen LogP contribution in [0.4, 0.5) is 0 Å². The molecule has 14 heavy (non-hydrogen) atoms. The number of hydrogen-bond donors (Lipinski definition) is 0. The van der Waals surface area contributed by atoms with Crippen LogP contribution in [0.2, 0.25) is 0 Å². The third-order valence-electron chi connectivity index (χ3n) is 3.36. The molecule has 0 radical (unpaired) electrons. The second-order valence-corrected chi connectivity index (χ2v) is 4.12. The predicted octanol–water partition coefficient (Wildman–Crippen LogP) is 2.19. The van der Waals surface area contributed by atoms with Crippen molar-refractivity contribution in [3.05, 3.63) is 23.5 Å². The van der Waals surface area contributed by atoms with E-state index in [1.807, 2.05) is 0 Å². The van der Waals surface area contributed by atoms with E-state index in [1.165, 1.54) is 26.1 Å². The van der Waals surface area contributed by atoms with Crippen molar-refractivity contribution in [3.63, 3.8) is 0 Å². The first-order valence-corrected chi connectivity index (χ1v) is 5.49. The zero-order valence-corrected chi connectivity index (χ0v) is 9.12. The van der Waals surface area contributed by atoms with Gasteiger partial charge in [0.05, 0.1) is 12.9 Å². The van der Waals surface area contributed by atoms with E-state index in [0.29, 0.717) is 5.92 Å². The van der Waals surface area contributed by atoms with Crippen LogP contribution in [-0.2, 0) is 4.74 Å². The van der Waals surface area contributed by atoms with Gasteiger partial charge in [-0.3, -0.25) is 0 Å². The van der Waals surface area contributed by atoms with Crippen LogP contribution in [0.5, 0.6) is 0 Å². The Morgan fingerprint density at radius 2 is 2.36 bits per heavy atom. The lowest BCUT2D eigenvalue weighted by molar-refractivity contribution is 0.196. The Labute approximate surface area is 86.2 Å². The average molecular weight is 193 g/mol. The van der Waals surface area contributed by atoms with Crippen LogP contribution in [0.25, 0.3) is 0 Å². The Bertz CT molecular complexity index is 267. The molecule has 1 unspecified atom stereocenters. The summed E-state index contributed by atoms with van der Waals surface area (Å²) >= 11 is 0. The zero-order chi connectivity index (χ0) is 9.97. The van der Waals surface area contributed by atoms with Gasteiger partial charge in [-0.2, -0.15) is 0 Å². The smallest absolute Gasteiger partial charge is 0.0961 e. The molecular formula is C12H19NO. The first-order chi connectivity index (χ1) is 6.83. The first kappa shape index (κ1) is 9.78. The monoisotopic (exact) mass is 193 g/mol. The molecule has 1 saturated heterocycles. The maximum atomic E-state index is 5.31. The van der Waals surface area contributed by atoms with Crippen molar-refractivity contribution in [1.82, 2.24) is 4.90 Å². The highest BCUT2D eigenvalue weighted by Crippen LogP contribution is 2.31. The topological polar surface area (TPSA) is 12.5 Å². The van der Waals surface area contributed by atoms with Gasteiger partial charge in [0.15, 0.2) is 0 Å². The van der Waals surface area contributed by atoms with Gasteiger partial charge >= 0.3 is 0 Å². The molecule has 0 saturated carbocycles. The molecule has 2 aliphatic rings. The van der Waals surface area contributed by atoms with Gasteiger partial charge in [-0.1, -0.05) is 18.6 Å². The molecule has 1 aliphatic heterocycles. The van der Waals surface area contributed by atoms with Crippen LogP contribution in [0.1, 0.15) is 19.8 Å². The van der Waals surface area contributed by atoms with Gasteiger partial charge in [-0.15, -0.1) is 0 Å². The lowest BCUT2D eigenvalue weighted by Gasteiger charge is -2.35. The molecule has 0 aromatic carbocycles. The van der Waals surface area contributed by atoms with Crippen LogP contribution in [0.3, 0.4) is 0 Å². The highest BCUT2D eigenvalue weighted by molar-refractivity contribution is 5.25. The molecule has 0 spiro atoms. The minimum Gasteiger partial charge on any atom is -0.501 e. The molecule has 1 atom stereocenters. The number of fused-ring (bicyclic) bond motifs is 1. The molecule has 0 aromatic heterocycles. The molecule has 2 rings (SSSR count). The van der Waals surface area contributed by atoms with E-state index in [1.54, 1.807) is 12.7 Å². The molecule has 0 N–H and O–H groups in total. The summed E-state index contributed by atoms with van der Waals surface area (Å²) in [5.41, 5.74) is 1.62. The summed E-state index contributed by atoms with van der Waals surface area (Å²) < 4.78 is 5.31. The van der Waals surface area contributed by atoms with E-state index in [9.17, 15) is 0 Å². The largest absolute Gasteiger partial charge is 0.501 e. The van der Waals surface area contributed by atoms with Crippen molar-refractivity contribution in [3.8, 4) is 0 Å². The number of methoxy groups -OCH3 is 1. The van der Waals surface area contributed by atoms with Crippen molar-refractivity contribution in [1.29, 1.82) is 0 Å². The zero-order valence-electron chi connectivity index (χ0n) is 9.12. The number of rotatable bonds is 2. The Kier molecular flexibility index (Phi) is 2.92. The van der Waals surface area contributed by atoms with E-state index in [2.05, 4.69) is 24.0 Å². The second kappa shape index (κ2) is 4.18. The van der Waals surface area contributed by atoms with E-state index in [4.69, 9.17) is 4.74 Å². The average Bonchev–Trinajstić information content (AvgIpc) is 2.27. The van der Waals surface area contributed by atoms with Gasteiger partial charge in [-0.05, 0) is 25.0 Å². The Hall–Kier alpha value is -0.760. The summed E-state index contributed by atoms with van der Waals surface area (Å²) in [6.07, 6.45) is 6.73. The molecule has 0 bridgehead atoms. The van der Waals surface area contributed by atoms with Crippen molar-refractivity contribution >= 4 is 0 Å². The summed E-state index contributed by atoms with van der Waals surface area (Å²) in [7, 11) is 1.77. The van der Waals surface area contributed by atoms with Gasteiger partial charge in [0.25, 0.3) is 0 Å². The summed E-state index contributed by atoms with van der Waals surface area (Å²) in [5.74, 6) is 1.85. The third-order valence-corrected chi connectivity index (χ3v) is 3.36.